The van der Waals surface area contributed by atoms with E-state index in [2.05, 4.69) is 39.5 Å². The summed E-state index contributed by atoms with van der Waals surface area (Å²) in [5, 5.41) is 10.4. The number of hydrogen-bond acceptors (Lipinski definition) is 2. The molecule has 7 atom stereocenters. The molecule has 0 radical (unpaired) electrons. The highest BCUT2D eigenvalue weighted by atomic mass is 16.5. The third-order valence-corrected chi connectivity index (χ3v) is 9.90. The van der Waals surface area contributed by atoms with Crippen molar-refractivity contribution in [2.24, 2.45) is 34.5 Å². The molecule has 1 N–H and O–H groups in total. The van der Waals surface area contributed by atoms with Crippen LogP contribution >= 0.6 is 0 Å². The first kappa shape index (κ1) is 20.1. The monoisotopic (exact) mass is 396 g/mol. The zero-order valence-electron chi connectivity index (χ0n) is 18.8. The van der Waals surface area contributed by atoms with Crippen molar-refractivity contribution in [2.45, 2.75) is 90.8 Å². The Morgan fingerprint density at radius 1 is 1.28 bits per heavy atom. The first-order valence-corrected chi connectivity index (χ1v) is 12.2. The van der Waals surface area contributed by atoms with Gasteiger partial charge in [0.1, 0.15) is 0 Å². The molecular weight excluding hydrogens is 356 g/mol. The largest absolute Gasteiger partial charge is 0.390 e. The average Bonchev–Trinajstić information content (AvgIpc) is 3.19. The van der Waals surface area contributed by atoms with Crippen LogP contribution in [0.15, 0.2) is 35.5 Å². The van der Waals surface area contributed by atoms with E-state index in [1.54, 1.807) is 11.1 Å². The van der Waals surface area contributed by atoms with E-state index in [4.69, 9.17) is 4.74 Å². The number of hydrogen-bond donors (Lipinski definition) is 1. The van der Waals surface area contributed by atoms with Crippen molar-refractivity contribution in [3.63, 3.8) is 0 Å². The van der Waals surface area contributed by atoms with Crippen molar-refractivity contribution < 1.29 is 9.84 Å². The van der Waals surface area contributed by atoms with Crippen molar-refractivity contribution >= 4 is 0 Å². The molecule has 0 aromatic rings. The topological polar surface area (TPSA) is 29.5 Å². The number of aliphatic hydroxyl groups excluding tert-OH is 1. The van der Waals surface area contributed by atoms with Gasteiger partial charge in [-0.05, 0) is 86.9 Å². The summed E-state index contributed by atoms with van der Waals surface area (Å²) in [6.45, 7) is 12.2. The molecule has 160 valence electrons. The Morgan fingerprint density at radius 3 is 2.90 bits per heavy atom. The maximum Gasteiger partial charge on any atom is 0.0871 e. The second-order valence-electron chi connectivity index (χ2n) is 11.3. The Hall–Kier alpha value is -0.860. The van der Waals surface area contributed by atoms with Crippen LogP contribution in [0, 0.1) is 34.5 Å². The summed E-state index contributed by atoms with van der Waals surface area (Å²) in [6, 6.07) is 0. The lowest BCUT2D eigenvalue weighted by Gasteiger charge is -2.55. The van der Waals surface area contributed by atoms with Crippen LogP contribution in [0.3, 0.4) is 0 Å². The Balaban J connectivity index is 1.37. The minimum absolute atomic E-state index is 0.1000. The van der Waals surface area contributed by atoms with E-state index in [1.807, 2.05) is 0 Å². The highest BCUT2D eigenvalue weighted by Crippen LogP contribution is 2.67. The predicted molar refractivity (Wildman–Crippen MR) is 118 cm³/mol. The highest BCUT2D eigenvalue weighted by molar-refractivity contribution is 5.35. The molecule has 0 amide bonds. The van der Waals surface area contributed by atoms with Crippen LogP contribution in [0.1, 0.15) is 78.6 Å². The van der Waals surface area contributed by atoms with E-state index < -0.39 is 0 Å². The molecule has 3 saturated carbocycles. The highest BCUT2D eigenvalue weighted by Gasteiger charge is 2.63. The fourth-order valence-corrected chi connectivity index (χ4v) is 7.99. The predicted octanol–water partition coefficient (Wildman–Crippen LogP) is 6.22. The minimum atomic E-state index is -0.235. The fraction of sp³-hybridized carbons (Fsp3) is 0.778. The SMILES string of the molecule is C=C(CCC=C1CC[C@H]2C3=CC[C@H]4[C@H]5OC[C@@]4(CC[C@@H]5O)[C@H]3CC[C@]12C)C(C)C. The first-order chi connectivity index (χ1) is 13.9. The Kier molecular flexibility index (Phi) is 4.91. The van der Waals surface area contributed by atoms with Gasteiger partial charge >= 0.3 is 0 Å². The van der Waals surface area contributed by atoms with Gasteiger partial charge in [0.05, 0.1) is 18.8 Å². The smallest absolute Gasteiger partial charge is 0.0871 e. The third-order valence-electron chi connectivity index (χ3n) is 9.90. The number of fused-ring (bicyclic) bond motifs is 3. The van der Waals surface area contributed by atoms with Crippen LogP contribution in [-0.4, -0.2) is 23.9 Å². The normalized spacial score (nSPS) is 47.0. The van der Waals surface area contributed by atoms with Crippen LogP contribution in [0.2, 0.25) is 0 Å². The molecule has 1 aliphatic heterocycles. The van der Waals surface area contributed by atoms with E-state index in [0.29, 0.717) is 28.6 Å². The molecule has 4 fully saturated rings. The van der Waals surface area contributed by atoms with E-state index in [0.717, 1.165) is 38.2 Å². The van der Waals surface area contributed by atoms with Crippen LogP contribution in [0.25, 0.3) is 0 Å². The summed E-state index contributed by atoms with van der Waals surface area (Å²) in [5.74, 6) is 2.60. The maximum absolute atomic E-state index is 10.4. The molecule has 5 rings (SSSR count). The van der Waals surface area contributed by atoms with E-state index >= 15 is 0 Å². The van der Waals surface area contributed by atoms with Crippen molar-refractivity contribution in [2.75, 3.05) is 6.61 Å². The van der Waals surface area contributed by atoms with Crippen LogP contribution < -0.4 is 0 Å². The van der Waals surface area contributed by atoms with Gasteiger partial charge in [-0.25, -0.2) is 0 Å². The van der Waals surface area contributed by atoms with Crippen molar-refractivity contribution in [3.8, 4) is 0 Å². The quantitative estimate of drug-likeness (QED) is 0.572. The van der Waals surface area contributed by atoms with Gasteiger partial charge < -0.3 is 9.84 Å². The standard InChI is InChI=1S/C27H40O2/c1-17(2)18(3)6-5-7-19-8-10-21-20-9-11-23-25-24(28)13-15-27(23,16-29-25)22(20)12-14-26(19,21)4/h7,9,17,21-25,28H,3,5-6,8,10-16H2,1-2,4H3/t21-,22-,23-,24-,25+,26+,27-/m0/s1. The molecule has 0 aromatic carbocycles. The molecule has 0 spiro atoms. The molecule has 4 aliphatic carbocycles. The first-order valence-electron chi connectivity index (χ1n) is 12.2. The third kappa shape index (κ3) is 2.88. The maximum atomic E-state index is 10.4. The molecule has 2 bridgehead atoms. The number of ether oxygens (including phenoxy) is 1. The van der Waals surface area contributed by atoms with Crippen LogP contribution in [0.5, 0.6) is 0 Å². The Bertz CT molecular complexity index is 746. The second kappa shape index (κ2) is 7.09. The Labute approximate surface area is 177 Å². The Morgan fingerprint density at radius 2 is 2.10 bits per heavy atom. The average molecular weight is 397 g/mol. The second-order valence-corrected chi connectivity index (χ2v) is 11.3. The molecule has 0 aromatic heterocycles. The summed E-state index contributed by atoms with van der Waals surface area (Å²) in [4.78, 5) is 0. The molecule has 2 nitrogen and oxygen atoms in total. The van der Waals surface area contributed by atoms with Gasteiger partial charge in [0.15, 0.2) is 0 Å². The van der Waals surface area contributed by atoms with E-state index in [1.165, 1.54) is 37.7 Å². The fourth-order valence-electron chi connectivity index (χ4n) is 7.99. The molecule has 5 aliphatic rings. The number of allylic oxidation sites excluding steroid dienone is 5. The molecule has 1 saturated heterocycles. The number of rotatable bonds is 4. The summed E-state index contributed by atoms with van der Waals surface area (Å²) in [5.41, 5.74) is 5.61. The molecule has 1 heterocycles. The van der Waals surface area contributed by atoms with Crippen LogP contribution in [0.4, 0.5) is 0 Å². The zero-order chi connectivity index (χ0) is 20.4. The minimum Gasteiger partial charge on any atom is -0.390 e. The van der Waals surface area contributed by atoms with Gasteiger partial charge in [-0.3, -0.25) is 0 Å². The van der Waals surface area contributed by atoms with Gasteiger partial charge in [0, 0.05) is 5.41 Å². The van der Waals surface area contributed by atoms with Crippen molar-refractivity contribution in [1.29, 1.82) is 0 Å². The number of aliphatic hydroxyl groups is 1. The van der Waals surface area contributed by atoms with E-state index in [9.17, 15) is 5.11 Å². The lowest BCUT2D eigenvalue weighted by atomic mass is 9.48. The van der Waals surface area contributed by atoms with Gasteiger partial charge in [-0.2, -0.15) is 0 Å². The molecule has 0 unspecified atom stereocenters. The van der Waals surface area contributed by atoms with Gasteiger partial charge in [0.25, 0.3) is 0 Å². The van der Waals surface area contributed by atoms with Crippen molar-refractivity contribution in [1.82, 2.24) is 0 Å². The lowest BCUT2D eigenvalue weighted by molar-refractivity contribution is -0.0451. The lowest BCUT2D eigenvalue weighted by Crippen LogP contribution is -2.52. The summed E-state index contributed by atoms with van der Waals surface area (Å²) in [6.07, 6.45) is 15.9. The summed E-state index contributed by atoms with van der Waals surface area (Å²) >= 11 is 0. The summed E-state index contributed by atoms with van der Waals surface area (Å²) < 4.78 is 6.23. The molecule has 29 heavy (non-hydrogen) atoms. The van der Waals surface area contributed by atoms with Gasteiger partial charge in [0.2, 0.25) is 0 Å². The van der Waals surface area contributed by atoms with Crippen molar-refractivity contribution in [3.05, 3.63) is 35.5 Å². The molecule has 2 heteroatoms. The van der Waals surface area contributed by atoms with Crippen LogP contribution in [-0.2, 0) is 4.74 Å². The summed E-state index contributed by atoms with van der Waals surface area (Å²) in [7, 11) is 0. The zero-order valence-corrected chi connectivity index (χ0v) is 18.8. The van der Waals surface area contributed by atoms with Gasteiger partial charge in [-0.1, -0.05) is 56.2 Å². The van der Waals surface area contributed by atoms with E-state index in [-0.39, 0.29) is 12.2 Å². The molecular formula is C27H40O2. The van der Waals surface area contributed by atoms with Gasteiger partial charge in [-0.15, -0.1) is 0 Å².